The van der Waals surface area contributed by atoms with Crippen LogP contribution in [-0.4, -0.2) is 53.8 Å². The minimum Gasteiger partial charge on any atom is -0.377 e. The lowest BCUT2D eigenvalue weighted by Gasteiger charge is -2.36. The number of hydrogen-bond donors (Lipinski definition) is 3. The Bertz CT molecular complexity index is 1040. The molecule has 0 saturated carbocycles. The summed E-state index contributed by atoms with van der Waals surface area (Å²) in [5.74, 6) is 0. The van der Waals surface area contributed by atoms with Gasteiger partial charge in [-0.3, -0.25) is 10.3 Å². The van der Waals surface area contributed by atoms with Crippen LogP contribution in [0.4, 0.5) is 0 Å². The Labute approximate surface area is 183 Å². The summed E-state index contributed by atoms with van der Waals surface area (Å²) in [6.45, 7) is 2.63. The van der Waals surface area contributed by atoms with Crippen molar-refractivity contribution in [2.24, 2.45) is 4.99 Å². The van der Waals surface area contributed by atoms with Crippen LogP contribution in [0.3, 0.4) is 0 Å². The summed E-state index contributed by atoms with van der Waals surface area (Å²) in [5, 5.41) is 20.2. The van der Waals surface area contributed by atoms with Gasteiger partial charge in [-0.25, -0.2) is 0 Å². The molecule has 2 aliphatic rings. The highest BCUT2D eigenvalue weighted by atomic mass is 16.3. The molecule has 0 bridgehead atoms. The van der Waals surface area contributed by atoms with E-state index in [0.717, 1.165) is 32.5 Å². The largest absolute Gasteiger partial charge is 0.377 e. The molecule has 4 unspecified atom stereocenters. The molecule has 0 amide bonds. The third-order valence-corrected chi connectivity index (χ3v) is 6.35. The molecule has 1 fully saturated rings. The van der Waals surface area contributed by atoms with Crippen LogP contribution in [0.1, 0.15) is 17.5 Å². The average molecular weight is 415 g/mol. The zero-order chi connectivity index (χ0) is 21.0. The quantitative estimate of drug-likeness (QED) is 0.581. The number of hydrogen-bond acceptors (Lipinski definition) is 5. The third kappa shape index (κ3) is 4.96. The van der Waals surface area contributed by atoms with Crippen molar-refractivity contribution >= 4 is 17.1 Å². The molecular formula is C26H30N4O. The minimum atomic E-state index is -0.558. The summed E-state index contributed by atoms with van der Waals surface area (Å²) in [4.78, 5) is 6.93. The van der Waals surface area contributed by atoms with Gasteiger partial charge in [0.05, 0.1) is 12.4 Å². The minimum absolute atomic E-state index is 0.0201. The van der Waals surface area contributed by atoms with E-state index in [2.05, 4.69) is 87.3 Å². The lowest BCUT2D eigenvalue weighted by molar-refractivity contribution is 0.0497. The Morgan fingerprint density at radius 3 is 2.58 bits per heavy atom. The molecule has 1 saturated heterocycles. The topological polar surface area (TPSA) is 59.9 Å². The van der Waals surface area contributed by atoms with Crippen molar-refractivity contribution in [1.82, 2.24) is 15.5 Å². The van der Waals surface area contributed by atoms with Crippen molar-refractivity contribution in [3.63, 3.8) is 0 Å². The average Bonchev–Trinajstić information content (AvgIpc) is 3.23. The molecule has 3 aromatic carbocycles. The number of fused-ring (bicyclic) bond motifs is 1. The third-order valence-electron chi connectivity index (χ3n) is 6.35. The van der Waals surface area contributed by atoms with Gasteiger partial charge >= 0.3 is 0 Å². The fourth-order valence-electron chi connectivity index (χ4n) is 4.72. The van der Waals surface area contributed by atoms with Gasteiger partial charge in [0.2, 0.25) is 0 Å². The molecule has 3 N–H and O–H groups in total. The number of nitrogens with zero attached hydrogens (tertiary/aromatic N) is 2. The summed E-state index contributed by atoms with van der Waals surface area (Å²) in [5.41, 5.74) is 2.59. The predicted octanol–water partition coefficient (Wildman–Crippen LogP) is 2.93. The van der Waals surface area contributed by atoms with Gasteiger partial charge < -0.3 is 15.3 Å². The summed E-state index contributed by atoms with van der Waals surface area (Å²) in [7, 11) is 0. The Morgan fingerprint density at radius 2 is 1.74 bits per heavy atom. The van der Waals surface area contributed by atoms with Crippen LogP contribution in [0.15, 0.2) is 77.8 Å². The molecule has 5 rings (SSSR count). The Morgan fingerprint density at radius 1 is 0.935 bits per heavy atom. The smallest absolute Gasteiger partial charge is 0.120 e. The van der Waals surface area contributed by atoms with Crippen LogP contribution in [0, 0.1) is 0 Å². The second-order valence-electron chi connectivity index (χ2n) is 8.78. The lowest BCUT2D eigenvalue weighted by atomic mass is 9.97. The summed E-state index contributed by atoms with van der Waals surface area (Å²) in [6.07, 6.45) is 3.13. The van der Waals surface area contributed by atoms with Crippen LogP contribution in [-0.2, 0) is 13.0 Å². The Hall–Kier alpha value is -2.73. The van der Waals surface area contributed by atoms with Gasteiger partial charge in [-0.2, -0.15) is 0 Å². The maximum absolute atomic E-state index is 10.7. The molecule has 2 heterocycles. The highest BCUT2D eigenvalue weighted by Gasteiger charge is 2.31. The molecule has 2 aliphatic heterocycles. The zero-order valence-electron chi connectivity index (χ0n) is 17.7. The molecule has 0 aromatic heterocycles. The zero-order valence-corrected chi connectivity index (χ0v) is 17.7. The Kier molecular flexibility index (Phi) is 5.98. The molecule has 0 radical (unpaired) electrons. The molecule has 31 heavy (non-hydrogen) atoms. The van der Waals surface area contributed by atoms with Crippen molar-refractivity contribution in [3.05, 3.63) is 83.9 Å². The van der Waals surface area contributed by atoms with E-state index in [1.165, 1.54) is 21.9 Å². The van der Waals surface area contributed by atoms with Crippen molar-refractivity contribution in [2.45, 2.75) is 43.7 Å². The van der Waals surface area contributed by atoms with Gasteiger partial charge in [0.1, 0.15) is 6.23 Å². The monoisotopic (exact) mass is 414 g/mol. The summed E-state index contributed by atoms with van der Waals surface area (Å²) < 4.78 is 0. The van der Waals surface area contributed by atoms with E-state index in [-0.39, 0.29) is 18.1 Å². The van der Waals surface area contributed by atoms with E-state index < -0.39 is 6.23 Å². The number of aliphatic imine (C=N–C) groups is 1. The SMILES string of the molecule is OC1NC(Cc2ccc3ccccc3c2)CNC1CC1CN(Cc2ccccc2)C=N1. The number of benzene rings is 3. The number of aliphatic hydroxyl groups is 1. The van der Waals surface area contributed by atoms with Gasteiger partial charge in [0, 0.05) is 31.7 Å². The molecule has 160 valence electrons. The fourth-order valence-corrected chi connectivity index (χ4v) is 4.72. The second kappa shape index (κ2) is 9.18. The van der Waals surface area contributed by atoms with E-state index in [1.807, 2.05) is 12.4 Å². The van der Waals surface area contributed by atoms with Gasteiger partial charge in [-0.1, -0.05) is 72.8 Å². The number of piperazine rings is 1. The highest BCUT2D eigenvalue weighted by Crippen LogP contribution is 2.19. The van der Waals surface area contributed by atoms with Gasteiger partial charge in [-0.15, -0.1) is 0 Å². The first kappa shape index (κ1) is 20.2. The van der Waals surface area contributed by atoms with E-state index >= 15 is 0 Å². The van der Waals surface area contributed by atoms with E-state index in [0.29, 0.717) is 0 Å². The van der Waals surface area contributed by atoms with Gasteiger partial charge in [0.15, 0.2) is 0 Å². The standard InChI is InChI=1S/C26H30N4O/c31-26-25(14-24-17-30(18-28-24)16-19-6-2-1-3-7-19)27-15-23(29-26)13-20-10-11-21-8-4-5-9-22(21)12-20/h1-12,18,23-27,29,31H,13-17H2. The highest BCUT2D eigenvalue weighted by molar-refractivity contribution is 5.83. The van der Waals surface area contributed by atoms with Crippen LogP contribution in [0.5, 0.6) is 0 Å². The normalized spacial score (nSPS) is 25.9. The molecule has 5 heteroatoms. The van der Waals surface area contributed by atoms with Crippen LogP contribution >= 0.6 is 0 Å². The van der Waals surface area contributed by atoms with Crippen LogP contribution in [0.25, 0.3) is 10.8 Å². The molecule has 3 aromatic rings. The summed E-state index contributed by atoms with van der Waals surface area (Å²) >= 11 is 0. The molecular weight excluding hydrogens is 384 g/mol. The molecule has 0 aliphatic carbocycles. The molecule has 5 nitrogen and oxygen atoms in total. The van der Waals surface area contributed by atoms with Gasteiger partial charge in [-0.05, 0) is 34.7 Å². The lowest BCUT2D eigenvalue weighted by Crippen LogP contribution is -2.62. The van der Waals surface area contributed by atoms with Crippen molar-refractivity contribution < 1.29 is 5.11 Å². The summed E-state index contributed by atoms with van der Waals surface area (Å²) in [6, 6.07) is 26.0. The van der Waals surface area contributed by atoms with Crippen molar-refractivity contribution in [1.29, 1.82) is 0 Å². The van der Waals surface area contributed by atoms with E-state index in [1.54, 1.807) is 0 Å². The number of nitrogens with one attached hydrogen (secondary N) is 2. The first-order chi connectivity index (χ1) is 15.2. The first-order valence-corrected chi connectivity index (χ1v) is 11.2. The Balaban J connectivity index is 1.11. The van der Waals surface area contributed by atoms with E-state index in [4.69, 9.17) is 0 Å². The van der Waals surface area contributed by atoms with Gasteiger partial charge in [0.25, 0.3) is 0 Å². The molecule has 4 atom stereocenters. The second-order valence-corrected chi connectivity index (χ2v) is 8.78. The van der Waals surface area contributed by atoms with Crippen LogP contribution < -0.4 is 10.6 Å². The number of aliphatic hydroxyl groups excluding tert-OH is 1. The van der Waals surface area contributed by atoms with Crippen LogP contribution in [0.2, 0.25) is 0 Å². The molecule has 0 spiro atoms. The maximum Gasteiger partial charge on any atom is 0.120 e. The van der Waals surface area contributed by atoms with Crippen molar-refractivity contribution in [2.75, 3.05) is 13.1 Å². The predicted molar refractivity (Wildman–Crippen MR) is 126 cm³/mol. The maximum atomic E-state index is 10.7. The number of rotatable bonds is 6. The fraction of sp³-hybridized carbons (Fsp3) is 0.346. The van der Waals surface area contributed by atoms with Crippen molar-refractivity contribution in [3.8, 4) is 0 Å². The van der Waals surface area contributed by atoms with E-state index in [9.17, 15) is 5.11 Å². The first-order valence-electron chi connectivity index (χ1n) is 11.2.